The second-order valence-corrected chi connectivity index (χ2v) is 10.6. The third kappa shape index (κ3) is 7.12. The molecule has 1 fully saturated rings. The van der Waals surface area contributed by atoms with E-state index < -0.39 is 17.6 Å². The molecule has 0 saturated carbocycles. The topological polar surface area (TPSA) is 83.0 Å². The van der Waals surface area contributed by atoms with E-state index in [0.717, 1.165) is 49.5 Å². The van der Waals surface area contributed by atoms with E-state index in [0.29, 0.717) is 29.4 Å². The van der Waals surface area contributed by atoms with Gasteiger partial charge < -0.3 is 15.5 Å². The Hall–Kier alpha value is -4.31. The van der Waals surface area contributed by atoms with Gasteiger partial charge in [-0.1, -0.05) is 13.0 Å². The molecule has 2 aromatic carbocycles. The molecule has 0 bridgehead atoms. The fourth-order valence-electron chi connectivity index (χ4n) is 5.29. The van der Waals surface area contributed by atoms with Crippen molar-refractivity contribution < 1.29 is 18.0 Å². The first-order valence-corrected chi connectivity index (χ1v) is 14.1. The lowest BCUT2D eigenvalue weighted by Crippen LogP contribution is -2.35. The second-order valence-electron chi connectivity index (χ2n) is 10.6. The molecule has 2 N–H and O–H groups in total. The summed E-state index contributed by atoms with van der Waals surface area (Å²) in [5.74, 6) is -0.199. The van der Waals surface area contributed by atoms with Gasteiger partial charge in [-0.3, -0.25) is 9.78 Å². The van der Waals surface area contributed by atoms with E-state index in [4.69, 9.17) is 0 Å². The van der Waals surface area contributed by atoms with Gasteiger partial charge in [0.05, 0.1) is 11.3 Å². The van der Waals surface area contributed by atoms with Crippen molar-refractivity contribution in [3.05, 3.63) is 95.4 Å². The van der Waals surface area contributed by atoms with Crippen molar-refractivity contribution in [2.45, 2.75) is 45.2 Å². The number of nitrogens with one attached hydrogen (secondary N) is 2. The van der Waals surface area contributed by atoms with Gasteiger partial charge in [0.15, 0.2) is 0 Å². The Morgan fingerprint density at radius 1 is 1.10 bits per heavy atom. The van der Waals surface area contributed by atoms with Crippen LogP contribution in [0.5, 0.6) is 0 Å². The molecule has 4 aromatic rings. The van der Waals surface area contributed by atoms with E-state index in [9.17, 15) is 18.0 Å². The molecule has 2 aromatic heterocycles. The molecule has 1 amide bonds. The van der Waals surface area contributed by atoms with Crippen LogP contribution in [0.3, 0.4) is 0 Å². The van der Waals surface area contributed by atoms with Crippen molar-refractivity contribution in [1.29, 1.82) is 0 Å². The van der Waals surface area contributed by atoms with E-state index in [-0.39, 0.29) is 17.2 Å². The number of pyridine rings is 1. The molecule has 0 radical (unpaired) electrons. The van der Waals surface area contributed by atoms with Gasteiger partial charge in [-0.2, -0.15) is 13.2 Å². The Balaban J connectivity index is 1.37. The van der Waals surface area contributed by atoms with Gasteiger partial charge in [-0.05, 0) is 105 Å². The van der Waals surface area contributed by atoms with Crippen molar-refractivity contribution in [1.82, 2.24) is 19.9 Å². The second kappa shape index (κ2) is 12.7. The van der Waals surface area contributed by atoms with Crippen LogP contribution in [-0.2, 0) is 6.18 Å². The van der Waals surface area contributed by atoms with Gasteiger partial charge in [0, 0.05) is 47.6 Å². The maximum absolute atomic E-state index is 13.9. The zero-order valence-corrected chi connectivity index (χ0v) is 23.6. The zero-order chi connectivity index (χ0) is 29.7. The number of piperidine rings is 1. The molecule has 1 unspecified atom stereocenters. The van der Waals surface area contributed by atoms with Crippen LogP contribution in [-0.4, -0.2) is 45.4 Å². The molecule has 3 heterocycles. The first-order valence-electron chi connectivity index (χ1n) is 14.1. The van der Waals surface area contributed by atoms with Crippen molar-refractivity contribution in [2.24, 2.45) is 0 Å². The maximum atomic E-state index is 13.9. The lowest BCUT2D eigenvalue weighted by Gasteiger charge is -2.33. The lowest BCUT2D eigenvalue weighted by molar-refractivity contribution is -0.137. The standard InChI is InChI=1S/C32H33F3N6O/c1-3-13-41-14-5-7-24(20-41)25-15-26(32(33,34)35)18-27(16-25)38-30(42)22-9-8-21(2)29(17-22)40-31-37-12-10-28(39-31)23-6-4-11-36-19-23/h4,6,8-12,15-19,24H,3,5,7,13-14,20H2,1-2H3,(H,38,42)(H,37,39,40). The number of halogens is 3. The summed E-state index contributed by atoms with van der Waals surface area (Å²) in [6.45, 7) is 6.55. The van der Waals surface area contributed by atoms with Crippen molar-refractivity contribution >= 4 is 23.2 Å². The van der Waals surface area contributed by atoms with Crippen molar-refractivity contribution in [3.63, 3.8) is 0 Å². The number of likely N-dealkylation sites (tertiary alicyclic amines) is 1. The highest BCUT2D eigenvalue weighted by atomic mass is 19.4. The van der Waals surface area contributed by atoms with Gasteiger partial charge in [0.2, 0.25) is 5.95 Å². The summed E-state index contributed by atoms with van der Waals surface area (Å²) in [7, 11) is 0. The molecule has 5 rings (SSSR count). The number of hydrogen-bond donors (Lipinski definition) is 2. The molecule has 218 valence electrons. The number of amides is 1. The molecule has 1 atom stereocenters. The Morgan fingerprint density at radius 3 is 2.71 bits per heavy atom. The fourth-order valence-corrected chi connectivity index (χ4v) is 5.29. The molecule has 7 nitrogen and oxygen atoms in total. The predicted octanol–water partition coefficient (Wildman–Crippen LogP) is 7.45. The minimum absolute atomic E-state index is 0.0270. The van der Waals surface area contributed by atoms with Crippen LogP contribution in [0.1, 0.15) is 59.2 Å². The lowest BCUT2D eigenvalue weighted by atomic mass is 9.89. The summed E-state index contributed by atoms with van der Waals surface area (Å²) in [6, 6.07) is 14.4. The van der Waals surface area contributed by atoms with Gasteiger partial charge in [0.1, 0.15) is 0 Å². The quantitative estimate of drug-likeness (QED) is 0.227. The number of carbonyl (C=O) groups is 1. The minimum atomic E-state index is -4.53. The first kappa shape index (κ1) is 29.2. The number of alkyl halides is 3. The number of anilines is 3. The highest BCUT2D eigenvalue weighted by Gasteiger charge is 2.33. The summed E-state index contributed by atoms with van der Waals surface area (Å²) in [5.41, 5.74) is 3.21. The van der Waals surface area contributed by atoms with Crippen LogP contribution in [0.25, 0.3) is 11.3 Å². The highest BCUT2D eigenvalue weighted by Crippen LogP contribution is 2.36. The van der Waals surface area contributed by atoms with E-state index >= 15 is 0 Å². The number of aromatic nitrogens is 3. The van der Waals surface area contributed by atoms with Crippen LogP contribution in [0.15, 0.2) is 73.2 Å². The monoisotopic (exact) mass is 574 g/mol. The summed E-state index contributed by atoms with van der Waals surface area (Å²) >= 11 is 0. The summed E-state index contributed by atoms with van der Waals surface area (Å²) in [6.07, 6.45) is 3.22. The van der Waals surface area contributed by atoms with Crippen LogP contribution in [0, 0.1) is 6.92 Å². The molecule has 0 aliphatic carbocycles. The minimum Gasteiger partial charge on any atom is -0.324 e. The van der Waals surface area contributed by atoms with E-state index in [1.54, 1.807) is 48.9 Å². The van der Waals surface area contributed by atoms with Crippen LogP contribution in [0.2, 0.25) is 0 Å². The molecular weight excluding hydrogens is 541 g/mol. The first-order chi connectivity index (χ1) is 20.2. The Bertz CT molecular complexity index is 1540. The molecule has 1 aliphatic heterocycles. The molecule has 42 heavy (non-hydrogen) atoms. The van der Waals surface area contributed by atoms with Crippen LogP contribution in [0.4, 0.5) is 30.5 Å². The average Bonchev–Trinajstić information content (AvgIpc) is 2.98. The van der Waals surface area contributed by atoms with E-state index in [1.165, 1.54) is 6.07 Å². The number of nitrogens with zero attached hydrogens (tertiary/aromatic N) is 4. The third-order valence-electron chi connectivity index (χ3n) is 7.42. The van der Waals surface area contributed by atoms with Crippen molar-refractivity contribution in [3.8, 4) is 11.3 Å². The summed E-state index contributed by atoms with van der Waals surface area (Å²) in [5, 5.41) is 5.87. The fraction of sp³-hybridized carbons (Fsp3) is 0.312. The number of hydrogen-bond acceptors (Lipinski definition) is 6. The van der Waals surface area contributed by atoms with E-state index in [1.807, 2.05) is 19.1 Å². The molecule has 10 heteroatoms. The predicted molar refractivity (Wildman–Crippen MR) is 158 cm³/mol. The number of rotatable bonds is 8. The molecule has 0 spiro atoms. The highest BCUT2D eigenvalue weighted by molar-refractivity contribution is 6.05. The third-order valence-corrected chi connectivity index (χ3v) is 7.42. The maximum Gasteiger partial charge on any atom is 0.416 e. The number of aryl methyl sites for hydroxylation is 1. The largest absolute Gasteiger partial charge is 0.416 e. The molecule has 1 saturated heterocycles. The number of carbonyl (C=O) groups excluding carboxylic acids is 1. The zero-order valence-electron chi connectivity index (χ0n) is 23.6. The number of benzene rings is 2. The Labute approximate surface area is 243 Å². The molecule has 1 aliphatic rings. The van der Waals surface area contributed by atoms with Crippen LogP contribution < -0.4 is 10.6 Å². The SMILES string of the molecule is CCCN1CCCC(c2cc(NC(=O)c3ccc(C)c(Nc4nccc(-c5cccnc5)n4)c3)cc(C(F)(F)F)c2)C1. The van der Waals surface area contributed by atoms with E-state index in [2.05, 4.69) is 37.4 Å². The van der Waals surface area contributed by atoms with Gasteiger partial charge in [0.25, 0.3) is 5.91 Å². The Kier molecular flexibility index (Phi) is 8.82. The molecular formula is C32H33F3N6O. The smallest absolute Gasteiger partial charge is 0.324 e. The average molecular weight is 575 g/mol. The summed E-state index contributed by atoms with van der Waals surface area (Å²) in [4.78, 5) is 28.6. The van der Waals surface area contributed by atoms with Gasteiger partial charge >= 0.3 is 6.18 Å². The van der Waals surface area contributed by atoms with Gasteiger partial charge in [-0.15, -0.1) is 0 Å². The van der Waals surface area contributed by atoms with Crippen LogP contribution >= 0.6 is 0 Å². The summed E-state index contributed by atoms with van der Waals surface area (Å²) < 4.78 is 41.6. The normalized spacial score (nSPS) is 15.8. The van der Waals surface area contributed by atoms with Gasteiger partial charge in [-0.25, -0.2) is 9.97 Å². The van der Waals surface area contributed by atoms with Crippen molar-refractivity contribution in [2.75, 3.05) is 30.3 Å². The Morgan fingerprint density at radius 2 is 1.95 bits per heavy atom.